The van der Waals surface area contributed by atoms with Gasteiger partial charge in [0.2, 0.25) is 5.89 Å². The smallest absolute Gasteiger partial charge is 0.227 e. The second-order valence-corrected chi connectivity index (χ2v) is 7.33. The average Bonchev–Trinajstić information content (AvgIpc) is 3.15. The van der Waals surface area contributed by atoms with Crippen molar-refractivity contribution < 1.29 is 4.42 Å². The maximum atomic E-state index is 5.90. The van der Waals surface area contributed by atoms with E-state index in [1.807, 2.05) is 48.6 Å². The molecule has 1 heterocycles. The Morgan fingerprint density at radius 3 is 2.68 bits per heavy atom. The fraction of sp³-hybridized carbons (Fsp3) is 0.0833. The van der Waals surface area contributed by atoms with E-state index in [2.05, 4.69) is 63.2 Å². The Hall–Kier alpha value is -2.98. The molecule has 4 aromatic rings. The molecule has 0 aliphatic carbocycles. The Bertz CT molecular complexity index is 1160. The van der Waals surface area contributed by atoms with E-state index in [0.29, 0.717) is 5.89 Å². The monoisotopic (exact) mass is 430 g/mol. The van der Waals surface area contributed by atoms with E-state index >= 15 is 0 Å². The fourth-order valence-corrected chi connectivity index (χ4v) is 3.31. The molecule has 0 aliphatic heterocycles. The number of fused-ring (bicyclic) bond motifs is 1. The van der Waals surface area contributed by atoms with Crippen LogP contribution in [0.4, 0.5) is 5.69 Å². The van der Waals surface area contributed by atoms with Crippen LogP contribution in [0, 0.1) is 0 Å². The van der Waals surface area contributed by atoms with Crippen LogP contribution in [0.3, 0.4) is 0 Å². The summed E-state index contributed by atoms with van der Waals surface area (Å²) in [6, 6.07) is 22.2. The van der Waals surface area contributed by atoms with Crippen molar-refractivity contribution in [3.8, 4) is 11.5 Å². The van der Waals surface area contributed by atoms with Gasteiger partial charge in [-0.3, -0.25) is 4.99 Å². The molecule has 0 saturated heterocycles. The van der Waals surface area contributed by atoms with Gasteiger partial charge in [-0.1, -0.05) is 53.2 Å². The lowest BCUT2D eigenvalue weighted by Crippen LogP contribution is -1.81. The highest BCUT2D eigenvalue weighted by Crippen LogP contribution is 2.27. The highest BCUT2D eigenvalue weighted by atomic mass is 79.9. The number of halogens is 1. The number of nitrogens with zero attached hydrogens (tertiary/aromatic N) is 2. The molecule has 0 radical (unpaired) electrons. The van der Waals surface area contributed by atoms with Crippen molar-refractivity contribution in [2.75, 3.05) is 0 Å². The minimum Gasteiger partial charge on any atom is -0.436 e. The summed E-state index contributed by atoms with van der Waals surface area (Å²) in [5, 5.41) is 0. The molecular weight excluding hydrogens is 412 g/mol. The molecule has 1 aromatic heterocycles. The molecular formula is C24H19BrN2O. The van der Waals surface area contributed by atoms with Crippen LogP contribution >= 0.6 is 15.9 Å². The van der Waals surface area contributed by atoms with Gasteiger partial charge >= 0.3 is 0 Å². The normalized spacial score (nSPS) is 11.8. The Balaban J connectivity index is 1.52. The van der Waals surface area contributed by atoms with Crippen LogP contribution in [-0.2, 0) is 6.42 Å². The molecule has 0 bridgehead atoms. The van der Waals surface area contributed by atoms with Crippen molar-refractivity contribution in [1.82, 2.24) is 4.98 Å². The van der Waals surface area contributed by atoms with E-state index < -0.39 is 0 Å². The van der Waals surface area contributed by atoms with Crippen molar-refractivity contribution in [3.63, 3.8) is 0 Å². The van der Waals surface area contributed by atoms with E-state index in [0.717, 1.165) is 38.8 Å². The first-order chi connectivity index (χ1) is 13.7. The van der Waals surface area contributed by atoms with Crippen molar-refractivity contribution >= 4 is 45.0 Å². The molecule has 0 N–H and O–H groups in total. The Labute approximate surface area is 172 Å². The zero-order valence-electron chi connectivity index (χ0n) is 15.5. The van der Waals surface area contributed by atoms with Gasteiger partial charge in [0, 0.05) is 16.3 Å². The first-order valence-electron chi connectivity index (χ1n) is 9.17. The zero-order valence-corrected chi connectivity index (χ0v) is 17.1. The first kappa shape index (κ1) is 18.4. The summed E-state index contributed by atoms with van der Waals surface area (Å²) in [4.78, 5) is 9.11. The highest BCUT2D eigenvalue weighted by molar-refractivity contribution is 9.10. The second-order valence-electron chi connectivity index (χ2n) is 6.41. The number of hydrogen-bond acceptors (Lipinski definition) is 3. The zero-order chi connectivity index (χ0) is 19.3. The molecule has 0 unspecified atom stereocenters. The molecule has 0 aliphatic rings. The van der Waals surface area contributed by atoms with Gasteiger partial charge in [-0.2, -0.15) is 0 Å². The molecule has 4 rings (SSSR count). The summed E-state index contributed by atoms with van der Waals surface area (Å²) in [5.74, 6) is 0.633. The maximum Gasteiger partial charge on any atom is 0.227 e. The van der Waals surface area contributed by atoms with Gasteiger partial charge in [-0.15, -0.1) is 0 Å². The number of aryl methyl sites for hydroxylation is 1. The van der Waals surface area contributed by atoms with Gasteiger partial charge in [-0.25, -0.2) is 4.98 Å². The lowest BCUT2D eigenvalue weighted by atomic mass is 10.1. The van der Waals surface area contributed by atoms with Crippen LogP contribution in [0.25, 0.3) is 28.6 Å². The van der Waals surface area contributed by atoms with Crippen molar-refractivity contribution in [1.29, 1.82) is 0 Å². The van der Waals surface area contributed by atoms with Gasteiger partial charge < -0.3 is 4.42 Å². The Morgan fingerprint density at radius 2 is 1.89 bits per heavy atom. The van der Waals surface area contributed by atoms with Gasteiger partial charge in [0.05, 0.1) is 5.69 Å². The van der Waals surface area contributed by atoms with Crippen LogP contribution in [-0.4, -0.2) is 11.2 Å². The average molecular weight is 431 g/mol. The molecule has 0 atom stereocenters. The van der Waals surface area contributed by atoms with Crippen LogP contribution in [0.15, 0.2) is 86.7 Å². The standard InChI is InChI=1S/C24H19BrN2O/c1-2-17-8-10-19(11-9-17)24-27-22-16-21(12-13-23(22)28-24)26-14-4-6-18-5-3-7-20(25)15-18/h3-16H,2H2,1H3/b6-4+,26-14?. The molecule has 0 saturated carbocycles. The minimum atomic E-state index is 0.633. The molecule has 3 aromatic carbocycles. The van der Waals surface area contributed by atoms with Crippen LogP contribution in [0.5, 0.6) is 0 Å². The Kier molecular flexibility index (Phi) is 5.49. The number of aromatic nitrogens is 1. The Morgan fingerprint density at radius 1 is 1.04 bits per heavy atom. The van der Waals surface area contributed by atoms with Gasteiger partial charge in [0.25, 0.3) is 0 Å². The highest BCUT2D eigenvalue weighted by Gasteiger charge is 2.08. The third kappa shape index (κ3) is 4.29. The number of hydrogen-bond donors (Lipinski definition) is 0. The van der Waals surface area contributed by atoms with Crippen molar-refractivity contribution in [2.45, 2.75) is 13.3 Å². The number of benzene rings is 3. The lowest BCUT2D eigenvalue weighted by Gasteiger charge is -1.97. The molecule has 4 heteroatoms. The van der Waals surface area contributed by atoms with E-state index in [9.17, 15) is 0 Å². The summed E-state index contributed by atoms with van der Waals surface area (Å²) in [7, 11) is 0. The predicted molar refractivity (Wildman–Crippen MR) is 120 cm³/mol. The third-order valence-corrected chi connectivity index (χ3v) is 4.92. The maximum absolute atomic E-state index is 5.90. The summed E-state index contributed by atoms with van der Waals surface area (Å²) in [5.41, 5.74) is 5.81. The minimum absolute atomic E-state index is 0.633. The summed E-state index contributed by atoms with van der Waals surface area (Å²) in [6.45, 7) is 2.14. The van der Waals surface area contributed by atoms with Gasteiger partial charge in [0.1, 0.15) is 5.52 Å². The van der Waals surface area contributed by atoms with Crippen LogP contribution in [0.1, 0.15) is 18.1 Å². The summed E-state index contributed by atoms with van der Waals surface area (Å²) >= 11 is 3.47. The van der Waals surface area contributed by atoms with E-state index in [1.165, 1.54) is 5.56 Å². The number of aliphatic imine (C=N–C) groups is 1. The topological polar surface area (TPSA) is 38.4 Å². The number of allylic oxidation sites excluding steroid dienone is 1. The molecule has 0 fully saturated rings. The molecule has 3 nitrogen and oxygen atoms in total. The number of oxazole rings is 1. The molecule has 28 heavy (non-hydrogen) atoms. The summed E-state index contributed by atoms with van der Waals surface area (Å²) < 4.78 is 6.95. The predicted octanol–water partition coefficient (Wildman–Crippen LogP) is 7.24. The van der Waals surface area contributed by atoms with Gasteiger partial charge in [-0.05, 0) is 66.1 Å². The molecule has 0 amide bonds. The SMILES string of the molecule is CCc1ccc(-c2nc3cc(N=C/C=C/c4cccc(Br)c4)ccc3o2)cc1. The first-order valence-corrected chi connectivity index (χ1v) is 9.97. The van der Waals surface area contributed by atoms with Crippen molar-refractivity contribution in [3.05, 3.63) is 88.4 Å². The largest absolute Gasteiger partial charge is 0.436 e. The fourth-order valence-electron chi connectivity index (χ4n) is 2.90. The van der Waals surface area contributed by atoms with E-state index in [4.69, 9.17) is 4.42 Å². The molecule has 138 valence electrons. The van der Waals surface area contributed by atoms with Crippen LogP contribution < -0.4 is 0 Å². The third-order valence-electron chi connectivity index (χ3n) is 4.43. The lowest BCUT2D eigenvalue weighted by molar-refractivity contribution is 0.620. The van der Waals surface area contributed by atoms with E-state index in [1.54, 1.807) is 6.21 Å². The molecule has 0 spiro atoms. The quantitative estimate of drug-likeness (QED) is 0.313. The second kappa shape index (κ2) is 8.36. The van der Waals surface area contributed by atoms with Gasteiger partial charge in [0.15, 0.2) is 5.58 Å². The number of rotatable bonds is 5. The van der Waals surface area contributed by atoms with Crippen molar-refractivity contribution in [2.24, 2.45) is 4.99 Å². The summed E-state index contributed by atoms with van der Waals surface area (Å²) in [6.07, 6.45) is 6.74. The van der Waals surface area contributed by atoms with Crippen LogP contribution in [0.2, 0.25) is 0 Å². The van der Waals surface area contributed by atoms with E-state index in [-0.39, 0.29) is 0 Å².